The predicted molar refractivity (Wildman–Crippen MR) is 94.1 cm³/mol. The van der Waals surface area contributed by atoms with E-state index in [9.17, 15) is 14.0 Å². The number of Topliss-reactive ketones (excluding diaryl/α,β-unsaturated/α-hetero) is 1. The van der Waals surface area contributed by atoms with Crippen molar-refractivity contribution in [2.75, 3.05) is 32.7 Å². The SMILES string of the molecule is O=C(CCN1CCN(C(=O)c2ccc(F)cc2)CC1)c1ccccc1. The van der Waals surface area contributed by atoms with Crippen LogP contribution in [0.15, 0.2) is 54.6 Å². The molecule has 4 nitrogen and oxygen atoms in total. The summed E-state index contributed by atoms with van der Waals surface area (Å²) >= 11 is 0. The van der Waals surface area contributed by atoms with Gasteiger partial charge < -0.3 is 4.90 Å². The summed E-state index contributed by atoms with van der Waals surface area (Å²) in [5, 5.41) is 0. The van der Waals surface area contributed by atoms with Gasteiger partial charge in [0, 0.05) is 50.3 Å². The van der Waals surface area contributed by atoms with E-state index in [-0.39, 0.29) is 17.5 Å². The van der Waals surface area contributed by atoms with Gasteiger partial charge in [0.1, 0.15) is 5.82 Å². The maximum absolute atomic E-state index is 13.0. The summed E-state index contributed by atoms with van der Waals surface area (Å²) < 4.78 is 13.0. The number of nitrogens with zero attached hydrogens (tertiary/aromatic N) is 2. The van der Waals surface area contributed by atoms with Crippen molar-refractivity contribution in [3.05, 3.63) is 71.5 Å². The zero-order chi connectivity index (χ0) is 17.6. The van der Waals surface area contributed by atoms with Crippen LogP contribution in [-0.2, 0) is 0 Å². The molecule has 0 atom stereocenters. The van der Waals surface area contributed by atoms with Crippen LogP contribution in [0.1, 0.15) is 27.1 Å². The van der Waals surface area contributed by atoms with Crippen LogP contribution < -0.4 is 0 Å². The van der Waals surface area contributed by atoms with Crippen LogP contribution in [0.5, 0.6) is 0 Å². The third kappa shape index (κ3) is 4.51. The Morgan fingerprint density at radius 1 is 0.840 bits per heavy atom. The summed E-state index contributed by atoms with van der Waals surface area (Å²) in [6.07, 6.45) is 0.482. The maximum atomic E-state index is 13.0. The lowest BCUT2D eigenvalue weighted by molar-refractivity contribution is 0.0628. The van der Waals surface area contributed by atoms with Gasteiger partial charge in [0.15, 0.2) is 5.78 Å². The van der Waals surface area contributed by atoms with Crippen LogP contribution in [0.4, 0.5) is 4.39 Å². The molecule has 1 aliphatic heterocycles. The Morgan fingerprint density at radius 3 is 2.12 bits per heavy atom. The van der Waals surface area contributed by atoms with E-state index in [0.717, 1.165) is 18.7 Å². The first-order valence-corrected chi connectivity index (χ1v) is 8.49. The van der Waals surface area contributed by atoms with Crippen LogP contribution in [0.2, 0.25) is 0 Å². The van der Waals surface area contributed by atoms with Crippen LogP contribution in [0.25, 0.3) is 0 Å². The number of hydrogen-bond acceptors (Lipinski definition) is 3. The number of carbonyl (C=O) groups is 2. The molecule has 1 heterocycles. The number of halogens is 1. The van der Waals surface area contributed by atoms with Crippen molar-refractivity contribution in [1.82, 2.24) is 9.80 Å². The number of benzene rings is 2. The van der Waals surface area contributed by atoms with Crippen molar-refractivity contribution >= 4 is 11.7 Å². The minimum absolute atomic E-state index is 0.0694. The van der Waals surface area contributed by atoms with Crippen LogP contribution >= 0.6 is 0 Å². The molecular formula is C20H21FN2O2. The molecule has 0 N–H and O–H groups in total. The molecule has 0 bridgehead atoms. The molecule has 0 aliphatic carbocycles. The number of amides is 1. The zero-order valence-electron chi connectivity index (χ0n) is 14.0. The van der Waals surface area contributed by atoms with Gasteiger partial charge in [-0.2, -0.15) is 0 Å². The van der Waals surface area contributed by atoms with Crippen molar-refractivity contribution in [3.63, 3.8) is 0 Å². The predicted octanol–water partition coefficient (Wildman–Crippen LogP) is 2.86. The molecule has 1 amide bonds. The van der Waals surface area contributed by atoms with Gasteiger partial charge in [-0.3, -0.25) is 14.5 Å². The van der Waals surface area contributed by atoms with Gasteiger partial charge in [-0.05, 0) is 24.3 Å². The van der Waals surface area contributed by atoms with E-state index in [1.807, 2.05) is 30.3 Å². The van der Waals surface area contributed by atoms with Gasteiger partial charge >= 0.3 is 0 Å². The molecule has 1 fully saturated rings. The standard InChI is InChI=1S/C20H21FN2O2/c21-18-8-6-17(7-9-18)20(25)23-14-12-22(13-15-23)11-10-19(24)16-4-2-1-3-5-16/h1-9H,10-15H2. The van der Waals surface area contributed by atoms with Crippen molar-refractivity contribution < 1.29 is 14.0 Å². The molecule has 5 heteroatoms. The van der Waals surface area contributed by atoms with Crippen molar-refractivity contribution in [2.45, 2.75) is 6.42 Å². The van der Waals surface area contributed by atoms with Gasteiger partial charge in [0.05, 0.1) is 0 Å². The average molecular weight is 340 g/mol. The normalized spacial score (nSPS) is 15.2. The third-order valence-corrected chi connectivity index (χ3v) is 4.50. The molecule has 0 spiro atoms. The number of rotatable bonds is 5. The summed E-state index contributed by atoms with van der Waals surface area (Å²) in [4.78, 5) is 28.5. The minimum Gasteiger partial charge on any atom is -0.336 e. The molecule has 1 aliphatic rings. The first-order chi connectivity index (χ1) is 12.1. The highest BCUT2D eigenvalue weighted by atomic mass is 19.1. The summed E-state index contributed by atoms with van der Waals surface area (Å²) in [5.41, 5.74) is 1.25. The molecule has 0 unspecified atom stereocenters. The highest BCUT2D eigenvalue weighted by molar-refractivity contribution is 5.96. The Balaban J connectivity index is 1.46. The Morgan fingerprint density at radius 2 is 1.48 bits per heavy atom. The third-order valence-electron chi connectivity index (χ3n) is 4.50. The van der Waals surface area contributed by atoms with E-state index in [4.69, 9.17) is 0 Å². The minimum atomic E-state index is -0.343. The molecule has 3 rings (SSSR count). The van der Waals surface area contributed by atoms with Crippen LogP contribution in [0, 0.1) is 5.82 Å². The number of piperazine rings is 1. The smallest absolute Gasteiger partial charge is 0.253 e. The molecule has 2 aromatic rings. The largest absolute Gasteiger partial charge is 0.336 e. The number of hydrogen-bond donors (Lipinski definition) is 0. The van der Waals surface area contributed by atoms with Crippen LogP contribution in [-0.4, -0.2) is 54.2 Å². The van der Waals surface area contributed by atoms with E-state index in [1.165, 1.54) is 24.3 Å². The quantitative estimate of drug-likeness (QED) is 0.786. The Hall–Kier alpha value is -2.53. The Labute approximate surface area is 146 Å². The molecule has 0 saturated carbocycles. The monoisotopic (exact) mass is 340 g/mol. The maximum Gasteiger partial charge on any atom is 0.253 e. The fourth-order valence-corrected chi connectivity index (χ4v) is 2.98. The number of ketones is 1. The molecule has 25 heavy (non-hydrogen) atoms. The average Bonchev–Trinajstić information content (AvgIpc) is 2.67. The fourth-order valence-electron chi connectivity index (χ4n) is 2.98. The van der Waals surface area contributed by atoms with Crippen LogP contribution in [0.3, 0.4) is 0 Å². The summed E-state index contributed by atoms with van der Waals surface area (Å²) in [7, 11) is 0. The van der Waals surface area contributed by atoms with Gasteiger partial charge in [0.25, 0.3) is 5.91 Å². The second-order valence-corrected chi connectivity index (χ2v) is 6.18. The van der Waals surface area contributed by atoms with Crippen molar-refractivity contribution in [2.24, 2.45) is 0 Å². The first kappa shape index (κ1) is 17.3. The Bertz CT molecular complexity index is 723. The van der Waals surface area contributed by atoms with E-state index in [2.05, 4.69) is 4.90 Å². The highest BCUT2D eigenvalue weighted by Crippen LogP contribution is 2.11. The first-order valence-electron chi connectivity index (χ1n) is 8.49. The lowest BCUT2D eigenvalue weighted by Crippen LogP contribution is -2.49. The van der Waals surface area contributed by atoms with Gasteiger partial charge in [-0.25, -0.2) is 4.39 Å². The second kappa shape index (κ2) is 8.03. The summed E-state index contributed by atoms with van der Waals surface area (Å²) in [6.45, 7) is 3.43. The lowest BCUT2D eigenvalue weighted by atomic mass is 10.1. The fraction of sp³-hybridized carbons (Fsp3) is 0.300. The van der Waals surface area contributed by atoms with Gasteiger partial charge in [-0.15, -0.1) is 0 Å². The molecule has 2 aromatic carbocycles. The molecular weight excluding hydrogens is 319 g/mol. The molecule has 0 radical (unpaired) electrons. The Kier molecular flexibility index (Phi) is 5.56. The van der Waals surface area contributed by atoms with Crippen molar-refractivity contribution in [3.8, 4) is 0 Å². The van der Waals surface area contributed by atoms with Gasteiger partial charge in [-0.1, -0.05) is 30.3 Å². The molecule has 0 aromatic heterocycles. The zero-order valence-corrected chi connectivity index (χ0v) is 14.0. The molecule has 130 valence electrons. The second-order valence-electron chi connectivity index (χ2n) is 6.18. The van der Waals surface area contributed by atoms with E-state index >= 15 is 0 Å². The molecule has 1 saturated heterocycles. The van der Waals surface area contributed by atoms with E-state index in [1.54, 1.807) is 4.90 Å². The van der Waals surface area contributed by atoms with Gasteiger partial charge in [0.2, 0.25) is 0 Å². The summed E-state index contributed by atoms with van der Waals surface area (Å²) in [6, 6.07) is 14.9. The summed E-state index contributed by atoms with van der Waals surface area (Å²) in [5.74, 6) is -0.269. The lowest BCUT2D eigenvalue weighted by Gasteiger charge is -2.34. The highest BCUT2D eigenvalue weighted by Gasteiger charge is 2.22. The van der Waals surface area contributed by atoms with E-state index in [0.29, 0.717) is 31.6 Å². The topological polar surface area (TPSA) is 40.6 Å². The number of carbonyl (C=O) groups excluding carboxylic acids is 2. The van der Waals surface area contributed by atoms with Crippen molar-refractivity contribution in [1.29, 1.82) is 0 Å². The van der Waals surface area contributed by atoms with E-state index < -0.39 is 0 Å².